The van der Waals surface area contributed by atoms with Crippen molar-refractivity contribution < 1.29 is 14.3 Å². The van der Waals surface area contributed by atoms with Gasteiger partial charge in [0.05, 0.1) is 29.9 Å². The minimum Gasteiger partial charge on any atom is -0.466 e. The van der Waals surface area contributed by atoms with Crippen LogP contribution in [0.15, 0.2) is 30.5 Å². The van der Waals surface area contributed by atoms with Crippen LogP contribution in [0, 0.1) is 12.3 Å². The molecule has 138 valence electrons. The summed E-state index contributed by atoms with van der Waals surface area (Å²) < 4.78 is 13.4. The number of hydrogen-bond acceptors (Lipinski definition) is 6. The number of likely N-dealkylation sites (tertiary alicyclic amines) is 1. The highest BCUT2D eigenvalue weighted by Gasteiger charge is 2.45. The average Bonchev–Trinajstić information content (AvgIpc) is 3.18. The predicted molar refractivity (Wildman–Crippen MR) is 99.0 cm³/mol. The number of ether oxygens (including phenoxy) is 1. The number of carbonyl (C=O) groups excluding carboxylic acids is 2. The Balaban J connectivity index is 1.89. The van der Waals surface area contributed by atoms with Gasteiger partial charge in [-0.1, -0.05) is 24.3 Å². The van der Waals surface area contributed by atoms with Crippen LogP contribution in [0.1, 0.15) is 41.4 Å². The summed E-state index contributed by atoms with van der Waals surface area (Å²) in [5, 5.41) is 0. The van der Waals surface area contributed by atoms with E-state index in [1.54, 1.807) is 4.90 Å². The number of hydrogen-bond donors (Lipinski definition) is 0. The highest BCUT2D eigenvalue weighted by atomic mass is 32.1. The highest BCUT2D eigenvalue weighted by Crippen LogP contribution is 2.36. The normalized spacial score (nSPS) is 20.0. The SMILES string of the molecule is CCOC(=O)C1(Cc2ccccc2C)CCCN(C(=O)c2cnsn2)C1. The zero-order valence-corrected chi connectivity index (χ0v) is 15.9. The van der Waals surface area contributed by atoms with E-state index < -0.39 is 5.41 Å². The fourth-order valence-electron chi connectivity index (χ4n) is 3.57. The van der Waals surface area contributed by atoms with Crippen molar-refractivity contribution in [1.29, 1.82) is 0 Å². The number of carbonyl (C=O) groups is 2. The summed E-state index contributed by atoms with van der Waals surface area (Å²) in [6.45, 7) is 5.15. The molecule has 0 saturated carbocycles. The van der Waals surface area contributed by atoms with Gasteiger partial charge in [-0.3, -0.25) is 9.59 Å². The summed E-state index contributed by atoms with van der Waals surface area (Å²) in [6.07, 6.45) is 3.51. The summed E-state index contributed by atoms with van der Waals surface area (Å²) in [6, 6.07) is 8.05. The van der Waals surface area contributed by atoms with Crippen molar-refractivity contribution in [3.05, 3.63) is 47.3 Å². The molecule has 1 amide bonds. The molecule has 1 aliphatic rings. The molecule has 0 bridgehead atoms. The largest absolute Gasteiger partial charge is 0.466 e. The third-order valence-corrected chi connectivity index (χ3v) is 5.42. The van der Waals surface area contributed by atoms with Crippen LogP contribution in [-0.4, -0.2) is 45.2 Å². The molecule has 1 unspecified atom stereocenters. The number of benzene rings is 1. The molecule has 2 heterocycles. The Bertz CT molecular complexity index is 778. The molecule has 0 spiro atoms. The van der Waals surface area contributed by atoms with Gasteiger partial charge in [-0.05, 0) is 44.2 Å². The van der Waals surface area contributed by atoms with E-state index in [9.17, 15) is 9.59 Å². The van der Waals surface area contributed by atoms with E-state index in [2.05, 4.69) is 8.75 Å². The number of nitrogens with zero attached hydrogens (tertiary/aromatic N) is 3. The van der Waals surface area contributed by atoms with Crippen molar-refractivity contribution in [2.75, 3.05) is 19.7 Å². The maximum atomic E-state index is 12.9. The van der Waals surface area contributed by atoms with Crippen molar-refractivity contribution >= 4 is 23.6 Å². The highest BCUT2D eigenvalue weighted by molar-refractivity contribution is 6.99. The van der Waals surface area contributed by atoms with Crippen LogP contribution >= 0.6 is 11.7 Å². The van der Waals surface area contributed by atoms with Crippen LogP contribution < -0.4 is 0 Å². The third-order valence-electron chi connectivity index (χ3n) is 4.94. The molecule has 1 fully saturated rings. The molecule has 6 nitrogen and oxygen atoms in total. The first-order valence-corrected chi connectivity index (χ1v) is 9.57. The van der Waals surface area contributed by atoms with E-state index in [0.717, 1.165) is 29.3 Å². The fraction of sp³-hybridized carbons (Fsp3) is 0.474. The smallest absolute Gasteiger partial charge is 0.314 e. The zero-order chi connectivity index (χ0) is 18.6. The van der Waals surface area contributed by atoms with Crippen molar-refractivity contribution in [3.63, 3.8) is 0 Å². The van der Waals surface area contributed by atoms with E-state index in [-0.39, 0.29) is 11.9 Å². The molecular formula is C19H23N3O3S. The van der Waals surface area contributed by atoms with Gasteiger partial charge in [-0.25, -0.2) is 0 Å². The van der Waals surface area contributed by atoms with Gasteiger partial charge in [0.15, 0.2) is 5.69 Å². The lowest BCUT2D eigenvalue weighted by Crippen LogP contribution is -2.51. The average molecular weight is 373 g/mol. The van der Waals surface area contributed by atoms with Crippen molar-refractivity contribution in [1.82, 2.24) is 13.6 Å². The second kappa shape index (κ2) is 7.95. The Morgan fingerprint density at radius 3 is 2.85 bits per heavy atom. The Morgan fingerprint density at radius 2 is 2.15 bits per heavy atom. The number of piperidine rings is 1. The van der Waals surface area contributed by atoms with Crippen LogP contribution in [-0.2, 0) is 16.0 Å². The van der Waals surface area contributed by atoms with Gasteiger partial charge in [0, 0.05) is 13.1 Å². The minimum absolute atomic E-state index is 0.170. The van der Waals surface area contributed by atoms with Gasteiger partial charge < -0.3 is 9.64 Å². The Morgan fingerprint density at radius 1 is 1.35 bits per heavy atom. The van der Waals surface area contributed by atoms with E-state index in [4.69, 9.17) is 4.74 Å². The van der Waals surface area contributed by atoms with Crippen molar-refractivity contribution in [2.24, 2.45) is 5.41 Å². The molecule has 26 heavy (non-hydrogen) atoms. The lowest BCUT2D eigenvalue weighted by Gasteiger charge is -2.41. The zero-order valence-electron chi connectivity index (χ0n) is 15.1. The van der Waals surface area contributed by atoms with Crippen LogP contribution in [0.2, 0.25) is 0 Å². The summed E-state index contributed by atoms with van der Waals surface area (Å²) in [7, 11) is 0. The molecular weight excluding hydrogens is 350 g/mol. The van der Waals surface area contributed by atoms with Gasteiger partial charge in [0.1, 0.15) is 0 Å². The number of aromatic nitrogens is 2. The number of aryl methyl sites for hydroxylation is 1. The Kier molecular flexibility index (Phi) is 5.66. The number of amides is 1. The second-order valence-corrected chi connectivity index (χ2v) is 7.28. The fourth-order valence-corrected chi connectivity index (χ4v) is 3.97. The molecule has 3 rings (SSSR count). The van der Waals surface area contributed by atoms with Crippen LogP contribution in [0.3, 0.4) is 0 Å². The maximum absolute atomic E-state index is 12.9. The molecule has 1 aromatic heterocycles. The van der Waals surface area contributed by atoms with E-state index in [1.165, 1.54) is 6.20 Å². The van der Waals surface area contributed by atoms with Crippen LogP contribution in [0.25, 0.3) is 0 Å². The third kappa shape index (κ3) is 3.77. The Labute approximate surface area is 157 Å². The van der Waals surface area contributed by atoms with Crippen LogP contribution in [0.4, 0.5) is 0 Å². The van der Waals surface area contributed by atoms with Crippen LogP contribution in [0.5, 0.6) is 0 Å². The predicted octanol–water partition coefficient (Wildman–Crippen LogP) is 2.87. The summed E-state index contributed by atoms with van der Waals surface area (Å²) in [5.74, 6) is -0.394. The first-order valence-electron chi connectivity index (χ1n) is 8.84. The van der Waals surface area contributed by atoms with E-state index >= 15 is 0 Å². The maximum Gasteiger partial charge on any atom is 0.314 e. The monoisotopic (exact) mass is 373 g/mol. The van der Waals surface area contributed by atoms with Gasteiger partial charge in [0.25, 0.3) is 5.91 Å². The van der Waals surface area contributed by atoms with Gasteiger partial charge in [-0.15, -0.1) is 0 Å². The summed E-state index contributed by atoms with van der Waals surface area (Å²) in [4.78, 5) is 27.3. The molecule has 1 atom stereocenters. The molecule has 0 radical (unpaired) electrons. The van der Waals surface area contributed by atoms with E-state index in [1.807, 2.05) is 38.1 Å². The van der Waals surface area contributed by atoms with Crippen molar-refractivity contribution in [2.45, 2.75) is 33.1 Å². The molecule has 1 saturated heterocycles. The molecule has 2 aromatic rings. The molecule has 0 N–H and O–H groups in total. The van der Waals surface area contributed by atoms with Gasteiger partial charge in [0.2, 0.25) is 0 Å². The lowest BCUT2D eigenvalue weighted by atomic mass is 9.74. The summed E-state index contributed by atoms with van der Waals surface area (Å²) >= 11 is 1.01. The number of esters is 1. The van der Waals surface area contributed by atoms with Crippen molar-refractivity contribution in [3.8, 4) is 0 Å². The molecule has 7 heteroatoms. The van der Waals surface area contributed by atoms with E-state index in [0.29, 0.717) is 38.2 Å². The number of rotatable bonds is 5. The minimum atomic E-state index is -0.723. The van der Waals surface area contributed by atoms with Gasteiger partial charge in [-0.2, -0.15) is 8.75 Å². The first kappa shape index (κ1) is 18.5. The quantitative estimate of drug-likeness (QED) is 0.754. The molecule has 0 aliphatic carbocycles. The van der Waals surface area contributed by atoms with Gasteiger partial charge >= 0.3 is 5.97 Å². The Hall–Kier alpha value is -2.28. The molecule has 1 aliphatic heterocycles. The lowest BCUT2D eigenvalue weighted by molar-refractivity contribution is -0.158. The topological polar surface area (TPSA) is 72.4 Å². The second-order valence-electron chi connectivity index (χ2n) is 6.73. The first-order chi connectivity index (χ1) is 12.6. The summed E-state index contributed by atoms with van der Waals surface area (Å²) in [5.41, 5.74) is 1.87. The standard InChI is InChI=1S/C19H23N3O3S/c1-3-25-18(24)19(11-15-8-5-4-7-14(15)2)9-6-10-22(13-19)17(23)16-12-20-26-21-16/h4-5,7-8,12H,3,6,9-11,13H2,1-2H3. The molecule has 1 aromatic carbocycles.